The molecule has 1 aliphatic carbocycles. The Balaban J connectivity index is 2.19. The molecule has 0 aliphatic heterocycles. The smallest absolute Gasteiger partial charge is 0.332 e. The highest BCUT2D eigenvalue weighted by Crippen LogP contribution is 2.37. The van der Waals surface area contributed by atoms with Gasteiger partial charge < -0.3 is 10.6 Å². The molecule has 1 heterocycles. The fraction of sp³-hybridized carbons (Fsp3) is 0.692. The summed E-state index contributed by atoms with van der Waals surface area (Å²) in [7, 11) is 0. The molecular weight excluding hydrogens is 258 g/mol. The van der Waals surface area contributed by atoms with Gasteiger partial charge in [-0.3, -0.25) is 10.1 Å². The van der Waals surface area contributed by atoms with Gasteiger partial charge in [-0.05, 0) is 38.5 Å². The van der Waals surface area contributed by atoms with Crippen LogP contribution in [0.25, 0.3) is 0 Å². The standard InChI is InChI=1S/C13H21N5O2/c1-4-14-13-16-9(3)11(18(19)20)12(17-13)15-7-8(2)10-5-6-10/h8,10H,4-7H2,1-3H3,(H2,14,15,16,17). The Morgan fingerprint density at radius 1 is 1.40 bits per heavy atom. The van der Waals surface area contributed by atoms with Crippen LogP contribution in [0, 0.1) is 28.9 Å². The van der Waals surface area contributed by atoms with Crippen molar-refractivity contribution in [3.63, 3.8) is 0 Å². The van der Waals surface area contributed by atoms with Crippen molar-refractivity contribution in [1.29, 1.82) is 0 Å². The molecule has 1 fully saturated rings. The summed E-state index contributed by atoms with van der Waals surface area (Å²) < 4.78 is 0. The van der Waals surface area contributed by atoms with Crippen molar-refractivity contribution in [3.05, 3.63) is 15.8 Å². The highest BCUT2D eigenvalue weighted by atomic mass is 16.6. The molecular formula is C13H21N5O2. The predicted molar refractivity (Wildman–Crippen MR) is 78.0 cm³/mol. The zero-order valence-electron chi connectivity index (χ0n) is 12.1. The lowest BCUT2D eigenvalue weighted by Gasteiger charge is -2.13. The van der Waals surface area contributed by atoms with Gasteiger partial charge >= 0.3 is 5.69 Å². The number of rotatable bonds is 7. The predicted octanol–water partition coefficient (Wildman–Crippen LogP) is 2.58. The first-order chi connectivity index (χ1) is 9.52. The van der Waals surface area contributed by atoms with Crippen LogP contribution in [0.15, 0.2) is 0 Å². The minimum absolute atomic E-state index is 0.0327. The molecule has 0 saturated heterocycles. The molecule has 7 nitrogen and oxygen atoms in total. The number of nitrogens with zero attached hydrogens (tertiary/aromatic N) is 3. The molecule has 1 atom stereocenters. The maximum Gasteiger partial charge on any atom is 0.332 e. The van der Waals surface area contributed by atoms with Crippen molar-refractivity contribution in [3.8, 4) is 0 Å². The van der Waals surface area contributed by atoms with Crippen molar-refractivity contribution >= 4 is 17.5 Å². The molecule has 0 radical (unpaired) electrons. The van der Waals surface area contributed by atoms with Crippen LogP contribution in [-0.4, -0.2) is 28.0 Å². The van der Waals surface area contributed by atoms with Gasteiger partial charge in [0.2, 0.25) is 11.8 Å². The molecule has 0 spiro atoms. The fourth-order valence-electron chi connectivity index (χ4n) is 2.24. The lowest BCUT2D eigenvalue weighted by molar-refractivity contribution is -0.385. The quantitative estimate of drug-likeness (QED) is 0.588. The second kappa shape index (κ2) is 6.02. The maximum absolute atomic E-state index is 11.2. The maximum atomic E-state index is 11.2. The lowest BCUT2D eigenvalue weighted by atomic mass is 10.1. The number of aromatic nitrogens is 2. The summed E-state index contributed by atoms with van der Waals surface area (Å²) in [4.78, 5) is 19.1. The van der Waals surface area contributed by atoms with Crippen LogP contribution in [0.5, 0.6) is 0 Å². The van der Waals surface area contributed by atoms with E-state index in [-0.39, 0.29) is 5.69 Å². The van der Waals surface area contributed by atoms with Crippen molar-refractivity contribution < 1.29 is 4.92 Å². The Labute approximate surface area is 118 Å². The van der Waals surface area contributed by atoms with E-state index in [1.807, 2.05) is 6.92 Å². The molecule has 1 aliphatic rings. The van der Waals surface area contributed by atoms with Crippen molar-refractivity contribution in [2.45, 2.75) is 33.6 Å². The van der Waals surface area contributed by atoms with Crippen molar-refractivity contribution in [2.75, 3.05) is 23.7 Å². The molecule has 1 saturated carbocycles. The van der Waals surface area contributed by atoms with E-state index in [9.17, 15) is 10.1 Å². The Bertz CT molecular complexity index is 502. The third-order valence-electron chi connectivity index (χ3n) is 3.59. The highest BCUT2D eigenvalue weighted by molar-refractivity contribution is 5.60. The normalized spacial score (nSPS) is 15.8. The summed E-state index contributed by atoms with van der Waals surface area (Å²) in [6.07, 6.45) is 2.52. The Kier molecular flexibility index (Phi) is 4.36. The van der Waals surface area contributed by atoms with Crippen LogP contribution in [-0.2, 0) is 0 Å². The molecule has 0 aromatic carbocycles. The zero-order chi connectivity index (χ0) is 14.7. The van der Waals surface area contributed by atoms with Gasteiger partial charge in [0.05, 0.1) is 4.92 Å². The number of hydrogen-bond donors (Lipinski definition) is 2. The largest absolute Gasteiger partial charge is 0.364 e. The van der Waals surface area contributed by atoms with Crippen LogP contribution in [0.4, 0.5) is 17.5 Å². The van der Waals surface area contributed by atoms with Crippen LogP contribution in [0.1, 0.15) is 32.4 Å². The topological polar surface area (TPSA) is 93.0 Å². The molecule has 0 amide bonds. The minimum Gasteiger partial charge on any atom is -0.364 e. The summed E-state index contributed by atoms with van der Waals surface area (Å²) in [6, 6.07) is 0. The van der Waals surface area contributed by atoms with E-state index < -0.39 is 4.92 Å². The van der Waals surface area contributed by atoms with Gasteiger partial charge in [-0.25, -0.2) is 4.98 Å². The summed E-state index contributed by atoms with van der Waals surface area (Å²) in [6.45, 7) is 7.11. The number of anilines is 2. The molecule has 1 aromatic heterocycles. The Morgan fingerprint density at radius 3 is 2.65 bits per heavy atom. The zero-order valence-corrected chi connectivity index (χ0v) is 12.1. The third-order valence-corrected chi connectivity index (χ3v) is 3.59. The lowest BCUT2D eigenvalue weighted by Crippen LogP contribution is -2.16. The molecule has 7 heteroatoms. The molecule has 2 N–H and O–H groups in total. The van der Waals surface area contributed by atoms with E-state index in [0.717, 1.165) is 5.92 Å². The molecule has 110 valence electrons. The summed E-state index contributed by atoms with van der Waals surface area (Å²) in [5.41, 5.74) is 0.345. The Morgan fingerprint density at radius 2 is 2.10 bits per heavy atom. The fourth-order valence-corrected chi connectivity index (χ4v) is 2.24. The second-order valence-corrected chi connectivity index (χ2v) is 5.31. The van der Waals surface area contributed by atoms with Crippen molar-refractivity contribution in [2.24, 2.45) is 11.8 Å². The molecule has 2 rings (SSSR count). The van der Waals surface area contributed by atoms with Gasteiger partial charge in [0.25, 0.3) is 0 Å². The van der Waals surface area contributed by atoms with Gasteiger partial charge in [-0.1, -0.05) is 6.92 Å². The van der Waals surface area contributed by atoms with E-state index in [1.165, 1.54) is 12.8 Å². The van der Waals surface area contributed by atoms with E-state index >= 15 is 0 Å². The van der Waals surface area contributed by atoms with Gasteiger partial charge in [-0.2, -0.15) is 4.98 Å². The van der Waals surface area contributed by atoms with Crippen LogP contribution >= 0.6 is 0 Å². The van der Waals surface area contributed by atoms with Gasteiger partial charge in [0.1, 0.15) is 5.69 Å². The number of aryl methyl sites for hydroxylation is 1. The summed E-state index contributed by atoms with van der Waals surface area (Å²) >= 11 is 0. The second-order valence-electron chi connectivity index (χ2n) is 5.31. The van der Waals surface area contributed by atoms with Gasteiger partial charge in [0.15, 0.2) is 0 Å². The first kappa shape index (κ1) is 14.5. The highest BCUT2D eigenvalue weighted by Gasteiger charge is 2.29. The number of nitrogens with one attached hydrogen (secondary N) is 2. The summed E-state index contributed by atoms with van der Waals surface area (Å²) in [5, 5.41) is 17.3. The Hall–Kier alpha value is -1.92. The SMILES string of the molecule is CCNc1nc(C)c([N+](=O)[O-])c(NCC(C)C2CC2)n1. The third kappa shape index (κ3) is 3.34. The first-order valence-electron chi connectivity index (χ1n) is 7.03. The van der Waals surface area contributed by atoms with Gasteiger partial charge in [0, 0.05) is 13.1 Å². The van der Waals surface area contributed by atoms with E-state index in [4.69, 9.17) is 0 Å². The average Bonchev–Trinajstić information content (AvgIpc) is 3.19. The monoisotopic (exact) mass is 279 g/mol. The number of nitro groups is 1. The van der Waals surface area contributed by atoms with E-state index in [2.05, 4.69) is 27.5 Å². The van der Waals surface area contributed by atoms with Crippen LogP contribution in [0.2, 0.25) is 0 Å². The first-order valence-corrected chi connectivity index (χ1v) is 7.03. The molecule has 0 bridgehead atoms. The molecule has 1 unspecified atom stereocenters. The molecule has 1 aromatic rings. The van der Waals surface area contributed by atoms with Crippen LogP contribution < -0.4 is 10.6 Å². The van der Waals surface area contributed by atoms with E-state index in [0.29, 0.717) is 36.5 Å². The average molecular weight is 279 g/mol. The van der Waals surface area contributed by atoms with E-state index in [1.54, 1.807) is 6.92 Å². The number of hydrogen-bond acceptors (Lipinski definition) is 6. The minimum atomic E-state index is -0.421. The van der Waals surface area contributed by atoms with Gasteiger partial charge in [-0.15, -0.1) is 0 Å². The molecule has 20 heavy (non-hydrogen) atoms. The van der Waals surface area contributed by atoms with Crippen LogP contribution in [0.3, 0.4) is 0 Å². The van der Waals surface area contributed by atoms with Crippen molar-refractivity contribution in [1.82, 2.24) is 9.97 Å². The summed E-state index contributed by atoms with van der Waals surface area (Å²) in [5.74, 6) is 1.99.